The quantitative estimate of drug-likeness (QED) is 0.500. The van der Waals surface area contributed by atoms with Crippen LogP contribution in [0.15, 0.2) is 60.8 Å². The van der Waals surface area contributed by atoms with Gasteiger partial charge in [-0.15, -0.1) is 0 Å². The molecule has 0 saturated heterocycles. The maximum Gasteiger partial charge on any atom is 0.356 e. The standard InChI is InChI=1S/C23H18N4O4/c1-30-16-10-11-19-20(22(28)17-4-3-5-18(25-17)23(29)31-2)21(26-27(19)13-16)15-8-6-14(12-24)7-9-15/h3-11,13,22,28H,1-2H3. The minimum atomic E-state index is -1.17. The molecule has 0 aliphatic rings. The molecule has 8 heteroatoms. The topological polar surface area (TPSA) is 110 Å². The summed E-state index contributed by atoms with van der Waals surface area (Å²) in [7, 11) is 2.83. The lowest BCUT2D eigenvalue weighted by Crippen LogP contribution is -2.09. The first-order valence-corrected chi connectivity index (χ1v) is 9.36. The predicted molar refractivity (Wildman–Crippen MR) is 112 cm³/mol. The lowest BCUT2D eigenvalue weighted by Gasteiger charge is -2.12. The Hall–Kier alpha value is -4.22. The van der Waals surface area contributed by atoms with Crippen LogP contribution in [0.1, 0.15) is 33.4 Å². The van der Waals surface area contributed by atoms with Gasteiger partial charge in [0.15, 0.2) is 0 Å². The zero-order valence-corrected chi connectivity index (χ0v) is 16.8. The van der Waals surface area contributed by atoms with Crippen LogP contribution in [0.4, 0.5) is 0 Å². The summed E-state index contributed by atoms with van der Waals surface area (Å²) in [6.45, 7) is 0. The number of fused-ring (bicyclic) bond motifs is 1. The van der Waals surface area contributed by atoms with Crippen molar-refractivity contribution in [2.45, 2.75) is 6.10 Å². The van der Waals surface area contributed by atoms with E-state index in [0.29, 0.717) is 28.1 Å². The van der Waals surface area contributed by atoms with E-state index < -0.39 is 12.1 Å². The molecule has 0 spiro atoms. The van der Waals surface area contributed by atoms with E-state index >= 15 is 0 Å². The zero-order valence-electron chi connectivity index (χ0n) is 16.8. The molecular formula is C23H18N4O4. The molecule has 0 fully saturated rings. The first-order chi connectivity index (χ1) is 15.0. The van der Waals surface area contributed by atoms with Crippen molar-refractivity contribution in [3.8, 4) is 23.1 Å². The molecule has 0 aliphatic carbocycles. The number of aliphatic hydroxyl groups is 1. The largest absolute Gasteiger partial charge is 0.495 e. The molecule has 4 aromatic rings. The minimum absolute atomic E-state index is 0.0946. The van der Waals surface area contributed by atoms with Crippen molar-refractivity contribution >= 4 is 11.5 Å². The van der Waals surface area contributed by atoms with E-state index in [1.54, 1.807) is 66.4 Å². The van der Waals surface area contributed by atoms with E-state index in [2.05, 4.69) is 16.2 Å². The van der Waals surface area contributed by atoms with Crippen LogP contribution >= 0.6 is 0 Å². The molecule has 3 aromatic heterocycles. The molecule has 31 heavy (non-hydrogen) atoms. The molecule has 0 bridgehead atoms. The van der Waals surface area contributed by atoms with Crippen LogP contribution in [0.25, 0.3) is 16.8 Å². The Morgan fingerprint density at radius 2 is 1.90 bits per heavy atom. The van der Waals surface area contributed by atoms with Gasteiger partial charge in [0.05, 0.1) is 49.0 Å². The number of esters is 1. The van der Waals surface area contributed by atoms with Gasteiger partial charge in [0.2, 0.25) is 0 Å². The van der Waals surface area contributed by atoms with E-state index in [-0.39, 0.29) is 11.4 Å². The Labute approximate surface area is 177 Å². The van der Waals surface area contributed by atoms with Crippen molar-refractivity contribution in [2.24, 2.45) is 0 Å². The molecule has 1 atom stereocenters. The number of carbonyl (C=O) groups excluding carboxylic acids is 1. The maximum atomic E-state index is 11.9. The highest BCUT2D eigenvalue weighted by Gasteiger charge is 2.25. The van der Waals surface area contributed by atoms with E-state index in [1.807, 2.05) is 0 Å². The number of aromatic nitrogens is 3. The second kappa shape index (κ2) is 8.26. The van der Waals surface area contributed by atoms with E-state index in [0.717, 1.165) is 5.56 Å². The van der Waals surface area contributed by atoms with Crippen molar-refractivity contribution in [3.63, 3.8) is 0 Å². The van der Waals surface area contributed by atoms with Gasteiger partial charge in [0, 0.05) is 11.1 Å². The van der Waals surface area contributed by atoms with Gasteiger partial charge in [0.25, 0.3) is 0 Å². The van der Waals surface area contributed by atoms with Gasteiger partial charge in [-0.05, 0) is 36.4 Å². The summed E-state index contributed by atoms with van der Waals surface area (Å²) in [6, 6.07) is 17.3. The van der Waals surface area contributed by atoms with Crippen LogP contribution in [0.5, 0.6) is 5.75 Å². The summed E-state index contributed by atoms with van der Waals surface area (Å²) in [5.74, 6) is 0.0131. The number of hydrogen-bond donors (Lipinski definition) is 1. The normalized spacial score (nSPS) is 11.7. The number of hydrogen-bond acceptors (Lipinski definition) is 7. The van der Waals surface area contributed by atoms with Gasteiger partial charge in [-0.3, -0.25) is 0 Å². The van der Waals surface area contributed by atoms with Crippen molar-refractivity contribution in [2.75, 3.05) is 14.2 Å². The van der Waals surface area contributed by atoms with E-state index in [9.17, 15) is 9.90 Å². The van der Waals surface area contributed by atoms with Gasteiger partial charge in [-0.25, -0.2) is 14.3 Å². The molecule has 1 aromatic carbocycles. The number of ether oxygens (including phenoxy) is 2. The van der Waals surface area contributed by atoms with Crippen molar-refractivity contribution in [3.05, 3.63) is 83.3 Å². The van der Waals surface area contributed by atoms with Gasteiger partial charge in [-0.2, -0.15) is 10.4 Å². The third-order valence-electron chi connectivity index (χ3n) is 4.88. The zero-order chi connectivity index (χ0) is 22.0. The number of carbonyl (C=O) groups is 1. The number of rotatable bonds is 5. The predicted octanol–water partition coefficient (Wildman–Crippen LogP) is 3.14. The molecule has 1 unspecified atom stereocenters. The van der Waals surface area contributed by atoms with Gasteiger partial charge in [0.1, 0.15) is 17.5 Å². The molecule has 4 rings (SSSR count). The molecule has 0 amide bonds. The lowest BCUT2D eigenvalue weighted by molar-refractivity contribution is 0.0593. The number of nitriles is 1. The Morgan fingerprint density at radius 3 is 2.58 bits per heavy atom. The second-order valence-corrected chi connectivity index (χ2v) is 6.69. The van der Waals surface area contributed by atoms with Crippen LogP contribution in [0.3, 0.4) is 0 Å². The Morgan fingerprint density at radius 1 is 1.13 bits per heavy atom. The summed E-state index contributed by atoms with van der Waals surface area (Å²) in [5.41, 5.74) is 3.31. The number of aliphatic hydroxyl groups excluding tert-OH is 1. The average molecular weight is 414 g/mol. The third kappa shape index (κ3) is 3.70. The Bertz CT molecular complexity index is 1310. The highest BCUT2D eigenvalue weighted by atomic mass is 16.5. The molecule has 1 N–H and O–H groups in total. The monoisotopic (exact) mass is 414 g/mol. The van der Waals surface area contributed by atoms with E-state index in [4.69, 9.17) is 14.7 Å². The highest BCUT2D eigenvalue weighted by molar-refractivity contribution is 5.87. The van der Waals surface area contributed by atoms with Crippen LogP contribution in [0, 0.1) is 11.3 Å². The first kappa shape index (κ1) is 20.1. The molecule has 3 heterocycles. The molecule has 154 valence electrons. The third-order valence-corrected chi connectivity index (χ3v) is 4.88. The number of methoxy groups -OCH3 is 2. The SMILES string of the molecule is COC(=O)c1cccc(C(O)c2c(-c3ccc(C#N)cc3)nn3cc(OC)ccc23)n1. The molecule has 8 nitrogen and oxygen atoms in total. The van der Waals surface area contributed by atoms with Crippen molar-refractivity contribution in [1.29, 1.82) is 5.26 Å². The summed E-state index contributed by atoms with van der Waals surface area (Å²) < 4.78 is 11.6. The van der Waals surface area contributed by atoms with Crippen LogP contribution in [-0.2, 0) is 4.74 Å². The van der Waals surface area contributed by atoms with Gasteiger partial charge in [-0.1, -0.05) is 18.2 Å². The highest BCUT2D eigenvalue weighted by Crippen LogP contribution is 2.35. The Kier molecular flexibility index (Phi) is 5.35. The molecule has 0 saturated carbocycles. The number of benzene rings is 1. The van der Waals surface area contributed by atoms with E-state index in [1.165, 1.54) is 13.2 Å². The first-order valence-electron chi connectivity index (χ1n) is 9.36. The fourth-order valence-electron chi connectivity index (χ4n) is 3.33. The summed E-state index contributed by atoms with van der Waals surface area (Å²) >= 11 is 0. The van der Waals surface area contributed by atoms with Crippen LogP contribution in [-0.4, -0.2) is 39.9 Å². The summed E-state index contributed by atoms with van der Waals surface area (Å²) in [6.07, 6.45) is 0.540. The summed E-state index contributed by atoms with van der Waals surface area (Å²) in [4.78, 5) is 16.2. The number of pyridine rings is 2. The average Bonchev–Trinajstić information content (AvgIpc) is 3.21. The molecular weight excluding hydrogens is 396 g/mol. The fraction of sp³-hybridized carbons (Fsp3) is 0.130. The lowest BCUT2D eigenvalue weighted by atomic mass is 9.99. The maximum absolute atomic E-state index is 11.9. The number of nitrogens with zero attached hydrogens (tertiary/aromatic N) is 4. The Balaban J connectivity index is 1.90. The van der Waals surface area contributed by atoms with Crippen LogP contribution < -0.4 is 4.74 Å². The summed E-state index contributed by atoms with van der Waals surface area (Å²) in [5, 5.41) is 25.0. The van der Waals surface area contributed by atoms with Gasteiger partial charge >= 0.3 is 5.97 Å². The van der Waals surface area contributed by atoms with Crippen LogP contribution in [0.2, 0.25) is 0 Å². The fourth-order valence-corrected chi connectivity index (χ4v) is 3.33. The molecule has 0 aliphatic heterocycles. The van der Waals surface area contributed by atoms with Crippen molar-refractivity contribution < 1.29 is 19.4 Å². The van der Waals surface area contributed by atoms with Crippen molar-refractivity contribution in [1.82, 2.24) is 14.6 Å². The van der Waals surface area contributed by atoms with Gasteiger partial charge < -0.3 is 14.6 Å². The smallest absolute Gasteiger partial charge is 0.356 e. The minimum Gasteiger partial charge on any atom is -0.495 e. The molecule has 0 radical (unpaired) electrons. The second-order valence-electron chi connectivity index (χ2n) is 6.69.